The number of rotatable bonds is 5. The Morgan fingerprint density at radius 2 is 1.48 bits per heavy atom. The van der Waals surface area contributed by atoms with Crippen molar-refractivity contribution in [1.29, 1.82) is 0 Å². The molecule has 0 radical (unpaired) electrons. The number of pyridine rings is 1. The molecule has 4 aromatic rings. The highest BCUT2D eigenvalue weighted by Crippen LogP contribution is 2.33. The number of benzene rings is 3. The summed E-state index contributed by atoms with van der Waals surface area (Å²) in [6.45, 7) is 12.5. The maximum absolute atomic E-state index is 13.9. The molecular weight excluding hydrogens is 404 g/mol. The average Bonchev–Trinajstić information content (AvgIpc) is 2.79. The predicted octanol–water partition coefficient (Wildman–Crippen LogP) is 7.51. The van der Waals surface area contributed by atoms with Crippen molar-refractivity contribution >= 4 is 22.5 Å². The summed E-state index contributed by atoms with van der Waals surface area (Å²) in [5.74, 6) is -0.0751. The lowest BCUT2D eigenvalue weighted by Crippen LogP contribution is -2.17. The van der Waals surface area contributed by atoms with Crippen molar-refractivity contribution < 1.29 is 4.79 Å². The van der Waals surface area contributed by atoms with E-state index >= 15 is 0 Å². The van der Waals surface area contributed by atoms with Crippen molar-refractivity contribution in [2.75, 3.05) is 5.32 Å². The van der Waals surface area contributed by atoms with Gasteiger partial charge in [0.25, 0.3) is 5.91 Å². The highest BCUT2D eigenvalue weighted by Gasteiger charge is 2.21. The molecule has 0 aliphatic heterocycles. The third kappa shape index (κ3) is 4.28. The minimum absolute atomic E-state index is 0.0751. The van der Waals surface area contributed by atoms with Gasteiger partial charge in [0.1, 0.15) is 0 Å². The molecule has 0 saturated carbocycles. The Balaban J connectivity index is 1.95. The molecule has 0 saturated heterocycles. The lowest BCUT2D eigenvalue weighted by atomic mass is 9.94. The van der Waals surface area contributed by atoms with E-state index in [4.69, 9.17) is 4.98 Å². The van der Waals surface area contributed by atoms with Crippen LogP contribution in [-0.2, 0) is 12.8 Å². The number of anilines is 1. The summed E-state index contributed by atoms with van der Waals surface area (Å²) >= 11 is 0. The fourth-order valence-electron chi connectivity index (χ4n) is 4.68. The maximum atomic E-state index is 13.9. The van der Waals surface area contributed by atoms with E-state index < -0.39 is 0 Å². The summed E-state index contributed by atoms with van der Waals surface area (Å²) in [4.78, 5) is 19.0. The lowest BCUT2D eigenvalue weighted by molar-refractivity contribution is 0.102. The molecule has 1 heterocycles. The fourth-order valence-corrected chi connectivity index (χ4v) is 4.68. The Labute approximate surface area is 196 Å². The number of nitrogens with zero attached hydrogens (tertiary/aromatic N) is 1. The first kappa shape index (κ1) is 22.7. The molecule has 0 spiro atoms. The minimum atomic E-state index is -0.0751. The molecule has 3 nitrogen and oxygen atoms in total. The van der Waals surface area contributed by atoms with Gasteiger partial charge in [-0.1, -0.05) is 73.5 Å². The monoisotopic (exact) mass is 436 g/mol. The standard InChI is InChI=1S/C30H32N2O/c1-7-22-10-9-11-23(8-2)29(22)32-30(33)26-21(6)28(24-14-12-18(3)13-15-24)31-27-20(5)16-19(4)17-25(26)27/h9-17H,7-8H2,1-6H3,(H,32,33). The van der Waals surface area contributed by atoms with E-state index in [1.807, 2.05) is 6.92 Å². The number of aryl methyl sites for hydroxylation is 5. The Bertz CT molecular complexity index is 1330. The van der Waals surface area contributed by atoms with Crippen LogP contribution < -0.4 is 5.32 Å². The smallest absolute Gasteiger partial charge is 0.256 e. The number of aromatic nitrogens is 1. The average molecular weight is 437 g/mol. The summed E-state index contributed by atoms with van der Waals surface area (Å²) < 4.78 is 0. The zero-order chi connectivity index (χ0) is 23.7. The molecule has 4 rings (SSSR count). The normalized spacial score (nSPS) is 11.1. The van der Waals surface area contributed by atoms with Gasteiger partial charge in [-0.25, -0.2) is 4.98 Å². The molecule has 1 amide bonds. The number of amides is 1. The molecule has 0 aliphatic carbocycles. The van der Waals surface area contributed by atoms with Crippen LogP contribution in [0.4, 0.5) is 5.69 Å². The van der Waals surface area contributed by atoms with Crippen molar-refractivity contribution in [3.63, 3.8) is 0 Å². The van der Waals surface area contributed by atoms with Crippen molar-refractivity contribution in [3.8, 4) is 11.3 Å². The molecule has 1 N–H and O–H groups in total. The van der Waals surface area contributed by atoms with Crippen LogP contribution >= 0.6 is 0 Å². The lowest BCUT2D eigenvalue weighted by Gasteiger charge is -2.19. The SMILES string of the molecule is CCc1cccc(CC)c1NC(=O)c1c(C)c(-c2ccc(C)cc2)nc2c(C)cc(C)cc12. The molecule has 0 bridgehead atoms. The summed E-state index contributed by atoms with van der Waals surface area (Å²) in [7, 11) is 0. The molecule has 3 aromatic carbocycles. The van der Waals surface area contributed by atoms with Gasteiger partial charge in [-0.15, -0.1) is 0 Å². The molecule has 168 valence electrons. The van der Waals surface area contributed by atoms with Crippen molar-refractivity contribution in [2.45, 2.75) is 54.4 Å². The minimum Gasteiger partial charge on any atom is -0.321 e. The van der Waals surface area contributed by atoms with Gasteiger partial charge in [0, 0.05) is 16.6 Å². The van der Waals surface area contributed by atoms with E-state index in [2.05, 4.69) is 94.5 Å². The molecule has 33 heavy (non-hydrogen) atoms. The topological polar surface area (TPSA) is 42.0 Å². The van der Waals surface area contributed by atoms with Crippen LogP contribution in [0.5, 0.6) is 0 Å². The van der Waals surface area contributed by atoms with Crippen LogP contribution in [-0.4, -0.2) is 10.9 Å². The van der Waals surface area contributed by atoms with Crippen molar-refractivity contribution in [1.82, 2.24) is 4.98 Å². The van der Waals surface area contributed by atoms with Crippen LogP contribution in [0.25, 0.3) is 22.2 Å². The third-order valence-electron chi connectivity index (χ3n) is 6.46. The van der Waals surface area contributed by atoms with E-state index in [1.165, 1.54) is 5.56 Å². The molecule has 1 aromatic heterocycles. The number of carbonyl (C=O) groups excluding carboxylic acids is 1. The van der Waals surface area contributed by atoms with Gasteiger partial charge in [0.05, 0.1) is 16.8 Å². The van der Waals surface area contributed by atoms with Crippen LogP contribution in [0.15, 0.2) is 54.6 Å². The van der Waals surface area contributed by atoms with E-state index in [0.29, 0.717) is 5.56 Å². The van der Waals surface area contributed by atoms with E-state index in [0.717, 1.165) is 68.5 Å². The highest BCUT2D eigenvalue weighted by molar-refractivity contribution is 6.15. The van der Waals surface area contributed by atoms with Gasteiger partial charge < -0.3 is 5.32 Å². The van der Waals surface area contributed by atoms with Gasteiger partial charge in [0.15, 0.2) is 0 Å². The molecule has 0 unspecified atom stereocenters. The number of nitrogens with one attached hydrogen (secondary N) is 1. The van der Waals surface area contributed by atoms with E-state index in [-0.39, 0.29) is 5.91 Å². The Morgan fingerprint density at radius 1 is 0.848 bits per heavy atom. The van der Waals surface area contributed by atoms with E-state index in [9.17, 15) is 4.79 Å². The number of carbonyl (C=O) groups is 1. The predicted molar refractivity (Wildman–Crippen MR) is 139 cm³/mol. The number of hydrogen-bond acceptors (Lipinski definition) is 2. The quantitative estimate of drug-likeness (QED) is 0.352. The second-order valence-electron chi connectivity index (χ2n) is 8.92. The van der Waals surface area contributed by atoms with Crippen molar-refractivity contribution in [2.24, 2.45) is 0 Å². The third-order valence-corrected chi connectivity index (χ3v) is 6.46. The Kier molecular flexibility index (Phi) is 6.33. The van der Waals surface area contributed by atoms with Crippen LogP contribution in [0.1, 0.15) is 57.6 Å². The molecule has 0 aliphatic rings. The van der Waals surface area contributed by atoms with Gasteiger partial charge in [-0.2, -0.15) is 0 Å². The number of hydrogen-bond donors (Lipinski definition) is 1. The van der Waals surface area contributed by atoms with Gasteiger partial charge in [0.2, 0.25) is 0 Å². The fraction of sp³-hybridized carbons (Fsp3) is 0.267. The largest absolute Gasteiger partial charge is 0.321 e. The molecular formula is C30H32N2O. The van der Waals surface area contributed by atoms with Crippen molar-refractivity contribution in [3.05, 3.63) is 93.5 Å². The second-order valence-corrected chi connectivity index (χ2v) is 8.92. The Morgan fingerprint density at radius 3 is 2.09 bits per heavy atom. The summed E-state index contributed by atoms with van der Waals surface area (Å²) in [5, 5.41) is 4.20. The summed E-state index contributed by atoms with van der Waals surface area (Å²) in [5.41, 5.74) is 11.0. The zero-order valence-corrected chi connectivity index (χ0v) is 20.5. The molecule has 3 heteroatoms. The Hall–Kier alpha value is -3.46. The number of fused-ring (bicyclic) bond motifs is 1. The first-order chi connectivity index (χ1) is 15.8. The molecule has 0 fully saturated rings. The number of para-hydroxylation sites is 1. The van der Waals surface area contributed by atoms with Crippen LogP contribution in [0, 0.1) is 27.7 Å². The summed E-state index contributed by atoms with van der Waals surface area (Å²) in [6, 6.07) is 18.8. The zero-order valence-electron chi connectivity index (χ0n) is 20.5. The maximum Gasteiger partial charge on any atom is 0.256 e. The van der Waals surface area contributed by atoms with Gasteiger partial charge >= 0.3 is 0 Å². The van der Waals surface area contributed by atoms with Gasteiger partial charge in [-0.3, -0.25) is 4.79 Å². The summed E-state index contributed by atoms with van der Waals surface area (Å²) in [6.07, 6.45) is 1.73. The highest BCUT2D eigenvalue weighted by atomic mass is 16.1. The van der Waals surface area contributed by atoms with E-state index in [1.54, 1.807) is 0 Å². The first-order valence-corrected chi connectivity index (χ1v) is 11.7. The molecule has 0 atom stereocenters. The van der Waals surface area contributed by atoms with Gasteiger partial charge in [-0.05, 0) is 68.9 Å². The first-order valence-electron chi connectivity index (χ1n) is 11.7. The van der Waals surface area contributed by atoms with Crippen LogP contribution in [0.2, 0.25) is 0 Å². The second kappa shape index (κ2) is 9.19. The van der Waals surface area contributed by atoms with Crippen LogP contribution in [0.3, 0.4) is 0 Å².